The summed E-state index contributed by atoms with van der Waals surface area (Å²) in [5.41, 5.74) is 7.12. The average molecular weight is 259 g/mol. The fourth-order valence-corrected chi connectivity index (χ4v) is 2.26. The van der Waals surface area contributed by atoms with Gasteiger partial charge in [0.1, 0.15) is 5.75 Å². The van der Waals surface area contributed by atoms with Gasteiger partial charge in [0.2, 0.25) is 0 Å². The van der Waals surface area contributed by atoms with Crippen LogP contribution in [0.4, 0.5) is 0 Å². The molecular formula is C14H17N3O2. The van der Waals surface area contributed by atoms with Gasteiger partial charge in [0.25, 0.3) is 5.91 Å². The molecule has 1 atom stereocenters. The van der Waals surface area contributed by atoms with E-state index in [1.807, 2.05) is 0 Å². The fourth-order valence-electron chi connectivity index (χ4n) is 2.26. The highest BCUT2D eigenvalue weighted by Crippen LogP contribution is 2.32. The van der Waals surface area contributed by atoms with E-state index in [0.717, 1.165) is 10.9 Å². The Hall–Kier alpha value is -2.01. The number of benzene rings is 1. The summed E-state index contributed by atoms with van der Waals surface area (Å²) in [6, 6.07) is 5.23. The fraction of sp³-hybridized carbons (Fsp3) is 0.357. The van der Waals surface area contributed by atoms with Gasteiger partial charge in [-0.3, -0.25) is 10.2 Å². The van der Waals surface area contributed by atoms with Crippen LogP contribution in [0.1, 0.15) is 30.1 Å². The van der Waals surface area contributed by atoms with Gasteiger partial charge in [-0.2, -0.15) is 0 Å². The third-order valence-corrected chi connectivity index (χ3v) is 3.65. The van der Waals surface area contributed by atoms with E-state index in [4.69, 9.17) is 0 Å². The molecule has 19 heavy (non-hydrogen) atoms. The number of aromatic nitrogens is 1. The lowest BCUT2D eigenvalue weighted by molar-refractivity contribution is 0.0926. The van der Waals surface area contributed by atoms with Gasteiger partial charge in [-0.05, 0) is 43.9 Å². The number of hydrogen-bond donors (Lipinski definition) is 4. The second-order valence-electron chi connectivity index (χ2n) is 5.16. The Kier molecular flexibility index (Phi) is 2.91. The molecule has 4 N–H and O–H groups in total. The first-order chi connectivity index (χ1) is 9.15. The summed E-state index contributed by atoms with van der Waals surface area (Å²) < 4.78 is 0. The van der Waals surface area contributed by atoms with E-state index < -0.39 is 0 Å². The Labute approximate surface area is 111 Å². The lowest BCUT2D eigenvalue weighted by atomic mass is 10.1. The van der Waals surface area contributed by atoms with Gasteiger partial charge >= 0.3 is 0 Å². The summed E-state index contributed by atoms with van der Waals surface area (Å²) in [6.07, 6.45) is 4.11. The van der Waals surface area contributed by atoms with E-state index in [-0.39, 0.29) is 11.7 Å². The van der Waals surface area contributed by atoms with Crippen LogP contribution < -0.4 is 10.9 Å². The van der Waals surface area contributed by atoms with Crippen molar-refractivity contribution in [1.82, 2.24) is 15.8 Å². The predicted molar refractivity (Wildman–Crippen MR) is 72.8 cm³/mol. The quantitative estimate of drug-likeness (QED) is 0.633. The summed E-state index contributed by atoms with van der Waals surface area (Å²) >= 11 is 0. The summed E-state index contributed by atoms with van der Waals surface area (Å²) in [5, 5.41) is 10.2. The summed E-state index contributed by atoms with van der Waals surface area (Å²) in [6.45, 7) is 2.07. The zero-order valence-corrected chi connectivity index (χ0v) is 10.7. The van der Waals surface area contributed by atoms with Crippen LogP contribution in [0.3, 0.4) is 0 Å². The standard InChI is InChI=1S/C14H17N3O2/c1-8(9-2-3-9)16-17-14(19)12-7-15-13-5-4-10(18)6-11(12)13/h4-9,15-16,18H,2-3H2,1H3,(H,17,19). The van der Waals surface area contributed by atoms with Crippen LogP contribution >= 0.6 is 0 Å². The van der Waals surface area contributed by atoms with Gasteiger partial charge in [-0.25, -0.2) is 5.43 Å². The van der Waals surface area contributed by atoms with Crippen LogP contribution in [0.2, 0.25) is 0 Å². The Morgan fingerprint density at radius 3 is 3.00 bits per heavy atom. The molecule has 5 heteroatoms. The topological polar surface area (TPSA) is 77.1 Å². The van der Waals surface area contributed by atoms with E-state index in [9.17, 15) is 9.90 Å². The molecule has 5 nitrogen and oxygen atoms in total. The molecule has 0 radical (unpaired) electrons. The summed E-state index contributed by atoms with van der Waals surface area (Å²) in [4.78, 5) is 15.1. The number of hydrogen-bond acceptors (Lipinski definition) is 3. The molecule has 0 spiro atoms. The van der Waals surface area contributed by atoms with Gasteiger partial charge in [-0.15, -0.1) is 0 Å². The first-order valence-electron chi connectivity index (χ1n) is 6.51. The highest BCUT2D eigenvalue weighted by Gasteiger charge is 2.28. The number of phenolic OH excluding ortho intramolecular Hbond substituents is 1. The Morgan fingerprint density at radius 2 is 2.26 bits per heavy atom. The lowest BCUT2D eigenvalue weighted by Gasteiger charge is -2.13. The molecule has 1 aliphatic carbocycles. The second kappa shape index (κ2) is 4.59. The number of H-pyrrole nitrogens is 1. The molecule has 1 unspecified atom stereocenters. The third kappa shape index (κ3) is 2.42. The van der Waals surface area contributed by atoms with Gasteiger partial charge in [0.05, 0.1) is 5.56 Å². The molecule has 100 valence electrons. The largest absolute Gasteiger partial charge is 0.508 e. The van der Waals surface area contributed by atoms with E-state index >= 15 is 0 Å². The normalized spacial score (nSPS) is 16.5. The SMILES string of the molecule is CC(NNC(=O)c1c[nH]c2ccc(O)cc12)C1CC1. The van der Waals surface area contributed by atoms with Crippen LogP contribution in [0.25, 0.3) is 10.9 Å². The minimum absolute atomic E-state index is 0.153. The number of fused-ring (bicyclic) bond motifs is 1. The molecular weight excluding hydrogens is 242 g/mol. The smallest absolute Gasteiger partial charge is 0.267 e. The number of hydrazine groups is 1. The first-order valence-corrected chi connectivity index (χ1v) is 6.51. The molecule has 1 aromatic heterocycles. The van der Waals surface area contributed by atoms with Crippen molar-refractivity contribution in [1.29, 1.82) is 0 Å². The van der Waals surface area contributed by atoms with Gasteiger partial charge in [0, 0.05) is 23.1 Å². The first kappa shape index (κ1) is 12.0. The van der Waals surface area contributed by atoms with Crippen molar-refractivity contribution in [2.45, 2.75) is 25.8 Å². The monoisotopic (exact) mass is 259 g/mol. The summed E-state index contributed by atoms with van der Waals surface area (Å²) in [5.74, 6) is 0.636. The van der Waals surface area contributed by atoms with Crippen LogP contribution in [0, 0.1) is 5.92 Å². The molecule has 1 aromatic carbocycles. The number of aromatic hydroxyl groups is 1. The molecule has 1 saturated carbocycles. The highest BCUT2D eigenvalue weighted by molar-refractivity contribution is 6.06. The molecule has 0 saturated heterocycles. The van der Waals surface area contributed by atoms with Crippen molar-refractivity contribution in [3.05, 3.63) is 30.0 Å². The molecule has 1 aliphatic rings. The van der Waals surface area contributed by atoms with Crippen molar-refractivity contribution in [3.8, 4) is 5.75 Å². The van der Waals surface area contributed by atoms with E-state index in [1.165, 1.54) is 12.8 Å². The maximum atomic E-state index is 12.1. The minimum Gasteiger partial charge on any atom is -0.508 e. The van der Waals surface area contributed by atoms with Gasteiger partial charge in [-0.1, -0.05) is 0 Å². The van der Waals surface area contributed by atoms with Gasteiger partial charge in [0.15, 0.2) is 0 Å². The Bertz CT molecular complexity index is 616. The van der Waals surface area contributed by atoms with Crippen LogP contribution in [-0.2, 0) is 0 Å². The predicted octanol–water partition coefficient (Wildman–Crippen LogP) is 1.91. The average Bonchev–Trinajstić information content (AvgIpc) is 3.16. The Morgan fingerprint density at radius 1 is 1.47 bits per heavy atom. The van der Waals surface area contributed by atoms with E-state index in [0.29, 0.717) is 17.5 Å². The Balaban J connectivity index is 1.75. The molecule has 1 fully saturated rings. The van der Waals surface area contributed by atoms with Crippen LogP contribution in [0.15, 0.2) is 24.4 Å². The summed E-state index contributed by atoms with van der Waals surface area (Å²) in [7, 11) is 0. The number of carbonyl (C=O) groups is 1. The van der Waals surface area contributed by atoms with E-state index in [1.54, 1.807) is 24.4 Å². The molecule has 1 amide bonds. The molecule has 3 rings (SSSR count). The molecule has 1 heterocycles. The van der Waals surface area contributed by atoms with Crippen molar-refractivity contribution >= 4 is 16.8 Å². The van der Waals surface area contributed by atoms with Crippen molar-refractivity contribution in [3.63, 3.8) is 0 Å². The zero-order valence-electron chi connectivity index (χ0n) is 10.7. The number of phenols is 1. The minimum atomic E-state index is -0.190. The highest BCUT2D eigenvalue weighted by atomic mass is 16.3. The lowest BCUT2D eigenvalue weighted by Crippen LogP contribution is -2.43. The molecule has 0 bridgehead atoms. The maximum absolute atomic E-state index is 12.1. The number of nitrogens with one attached hydrogen (secondary N) is 3. The second-order valence-corrected chi connectivity index (χ2v) is 5.16. The van der Waals surface area contributed by atoms with Crippen LogP contribution in [-0.4, -0.2) is 22.0 Å². The molecule has 2 aromatic rings. The maximum Gasteiger partial charge on any atom is 0.267 e. The number of carbonyl (C=O) groups excluding carboxylic acids is 1. The van der Waals surface area contributed by atoms with Crippen LogP contribution in [0.5, 0.6) is 5.75 Å². The third-order valence-electron chi connectivity index (χ3n) is 3.65. The number of aromatic amines is 1. The van der Waals surface area contributed by atoms with E-state index in [2.05, 4.69) is 22.8 Å². The zero-order chi connectivity index (χ0) is 13.4. The number of rotatable bonds is 4. The van der Waals surface area contributed by atoms with Gasteiger partial charge < -0.3 is 10.1 Å². The van der Waals surface area contributed by atoms with Crippen molar-refractivity contribution in [2.24, 2.45) is 5.92 Å². The number of amides is 1. The molecule has 0 aliphatic heterocycles. The van der Waals surface area contributed by atoms with Crippen molar-refractivity contribution < 1.29 is 9.90 Å². The van der Waals surface area contributed by atoms with Crippen molar-refractivity contribution in [2.75, 3.05) is 0 Å².